The Labute approximate surface area is 174 Å². The van der Waals surface area contributed by atoms with Gasteiger partial charge in [-0.25, -0.2) is 9.37 Å². The Morgan fingerprint density at radius 3 is 2.86 bits per heavy atom. The number of aromatic nitrogens is 1. The molecule has 0 radical (unpaired) electrons. The van der Waals surface area contributed by atoms with E-state index in [2.05, 4.69) is 10.3 Å². The zero-order valence-electron chi connectivity index (χ0n) is 15.9. The Kier molecular flexibility index (Phi) is 7.41. The van der Waals surface area contributed by atoms with Crippen LogP contribution in [-0.2, 0) is 9.59 Å². The Morgan fingerprint density at radius 2 is 2.10 bits per heavy atom. The first-order chi connectivity index (χ1) is 14.0. The molecule has 0 spiro atoms. The summed E-state index contributed by atoms with van der Waals surface area (Å²) in [5.74, 6) is -0.248. The highest BCUT2D eigenvalue weighted by molar-refractivity contribution is 6.30. The van der Waals surface area contributed by atoms with E-state index in [1.807, 2.05) is 0 Å². The van der Waals surface area contributed by atoms with Gasteiger partial charge in [0.05, 0.1) is 17.5 Å². The normalized spacial score (nSPS) is 16.3. The fourth-order valence-corrected chi connectivity index (χ4v) is 3.33. The van der Waals surface area contributed by atoms with Crippen LogP contribution in [0.15, 0.2) is 42.6 Å². The molecule has 29 heavy (non-hydrogen) atoms. The number of nitrogens with zero attached hydrogens (tertiary/aromatic N) is 2. The van der Waals surface area contributed by atoms with Crippen molar-refractivity contribution < 1.29 is 18.7 Å². The van der Waals surface area contributed by atoms with Crippen molar-refractivity contribution in [3.8, 4) is 5.75 Å². The van der Waals surface area contributed by atoms with E-state index in [4.69, 9.17) is 16.3 Å². The number of amides is 2. The third kappa shape index (κ3) is 6.15. The van der Waals surface area contributed by atoms with Crippen LogP contribution < -0.4 is 10.1 Å². The molecule has 1 saturated heterocycles. The van der Waals surface area contributed by atoms with Gasteiger partial charge in [0, 0.05) is 25.7 Å². The van der Waals surface area contributed by atoms with Crippen LogP contribution in [0.25, 0.3) is 0 Å². The minimum Gasteiger partial charge on any atom is -0.491 e. The van der Waals surface area contributed by atoms with Crippen molar-refractivity contribution in [2.45, 2.75) is 25.7 Å². The summed E-state index contributed by atoms with van der Waals surface area (Å²) in [6, 6.07) is 9.48. The number of halogens is 2. The molecule has 2 heterocycles. The summed E-state index contributed by atoms with van der Waals surface area (Å²) in [4.78, 5) is 30.7. The monoisotopic (exact) mass is 419 g/mol. The van der Waals surface area contributed by atoms with Crippen LogP contribution in [-0.4, -0.2) is 41.4 Å². The van der Waals surface area contributed by atoms with Crippen molar-refractivity contribution in [2.75, 3.05) is 25.0 Å². The highest BCUT2D eigenvalue weighted by Gasteiger charge is 2.28. The Hall–Kier alpha value is -2.67. The molecular weight excluding hydrogens is 397 g/mol. The third-order valence-corrected chi connectivity index (χ3v) is 4.98. The number of pyridine rings is 1. The third-order valence-electron chi connectivity index (χ3n) is 4.75. The van der Waals surface area contributed by atoms with Crippen LogP contribution >= 0.6 is 11.6 Å². The molecule has 1 atom stereocenters. The van der Waals surface area contributed by atoms with E-state index < -0.39 is 5.82 Å². The van der Waals surface area contributed by atoms with Gasteiger partial charge in [-0.05, 0) is 43.5 Å². The smallest absolute Gasteiger partial charge is 0.230 e. The molecule has 2 aromatic rings. The molecule has 1 fully saturated rings. The van der Waals surface area contributed by atoms with Crippen molar-refractivity contribution in [1.29, 1.82) is 0 Å². The molecule has 0 saturated carbocycles. The number of rotatable bonds is 7. The lowest BCUT2D eigenvalue weighted by Crippen LogP contribution is -2.43. The van der Waals surface area contributed by atoms with Crippen LogP contribution in [0.4, 0.5) is 10.2 Å². The first-order valence-corrected chi connectivity index (χ1v) is 9.98. The number of anilines is 1. The van der Waals surface area contributed by atoms with E-state index >= 15 is 0 Å². The summed E-state index contributed by atoms with van der Waals surface area (Å²) in [6.07, 6.45) is 3.73. The molecule has 1 N–H and O–H groups in total. The average Bonchev–Trinajstić information content (AvgIpc) is 2.74. The Balaban J connectivity index is 1.43. The van der Waals surface area contributed by atoms with Crippen LogP contribution in [0.2, 0.25) is 5.02 Å². The van der Waals surface area contributed by atoms with E-state index in [0.717, 1.165) is 12.8 Å². The van der Waals surface area contributed by atoms with Gasteiger partial charge in [0.15, 0.2) is 11.6 Å². The molecule has 0 aliphatic carbocycles. The largest absolute Gasteiger partial charge is 0.491 e. The van der Waals surface area contributed by atoms with Gasteiger partial charge in [0.2, 0.25) is 11.8 Å². The number of benzene rings is 1. The first-order valence-electron chi connectivity index (χ1n) is 9.60. The van der Waals surface area contributed by atoms with Crippen LogP contribution in [0.3, 0.4) is 0 Å². The molecular formula is C21H23ClFN3O3. The molecule has 1 aromatic carbocycles. The van der Waals surface area contributed by atoms with Crippen LogP contribution in [0.1, 0.15) is 25.7 Å². The lowest BCUT2D eigenvalue weighted by Gasteiger charge is -2.32. The molecule has 8 heteroatoms. The zero-order valence-corrected chi connectivity index (χ0v) is 16.7. The number of para-hydroxylation sites is 1. The summed E-state index contributed by atoms with van der Waals surface area (Å²) in [5.41, 5.74) is 0. The second kappa shape index (κ2) is 10.2. The predicted octanol–water partition coefficient (Wildman–Crippen LogP) is 3.91. The lowest BCUT2D eigenvalue weighted by atomic mass is 9.96. The highest BCUT2D eigenvalue weighted by Crippen LogP contribution is 2.20. The van der Waals surface area contributed by atoms with Crippen molar-refractivity contribution in [3.63, 3.8) is 0 Å². The maximum atomic E-state index is 13.5. The average molecular weight is 420 g/mol. The molecule has 1 aromatic heterocycles. The summed E-state index contributed by atoms with van der Waals surface area (Å²) in [5, 5.41) is 3.27. The molecule has 2 amide bonds. The highest BCUT2D eigenvalue weighted by atomic mass is 35.5. The maximum absolute atomic E-state index is 13.5. The minimum atomic E-state index is -0.418. The summed E-state index contributed by atoms with van der Waals surface area (Å²) in [6.45, 7) is 1.27. The van der Waals surface area contributed by atoms with Gasteiger partial charge in [0.25, 0.3) is 0 Å². The number of hydrogen-bond donors (Lipinski definition) is 1. The van der Waals surface area contributed by atoms with Gasteiger partial charge < -0.3 is 15.0 Å². The Morgan fingerprint density at radius 1 is 1.28 bits per heavy atom. The molecule has 1 unspecified atom stereocenters. The van der Waals surface area contributed by atoms with Gasteiger partial charge in [-0.2, -0.15) is 0 Å². The van der Waals surface area contributed by atoms with E-state index in [0.29, 0.717) is 36.8 Å². The fourth-order valence-electron chi connectivity index (χ4n) is 3.22. The minimum absolute atomic E-state index is 0.0238. The topological polar surface area (TPSA) is 71.5 Å². The first kappa shape index (κ1) is 21.0. The number of likely N-dealkylation sites (tertiary alicyclic amines) is 1. The van der Waals surface area contributed by atoms with Crippen LogP contribution in [0, 0.1) is 11.7 Å². The fraction of sp³-hybridized carbons (Fsp3) is 0.381. The van der Waals surface area contributed by atoms with Crippen molar-refractivity contribution in [1.82, 2.24) is 9.88 Å². The van der Waals surface area contributed by atoms with E-state index in [-0.39, 0.29) is 30.1 Å². The van der Waals surface area contributed by atoms with E-state index in [9.17, 15) is 14.0 Å². The molecule has 154 valence electrons. The zero-order chi connectivity index (χ0) is 20.6. The summed E-state index contributed by atoms with van der Waals surface area (Å²) >= 11 is 5.80. The number of ether oxygens (including phenoxy) is 1. The summed E-state index contributed by atoms with van der Waals surface area (Å²) in [7, 11) is 0. The molecule has 1 aliphatic rings. The molecule has 3 rings (SSSR count). The standard InChI is InChI=1S/C21H23ClFN3O3/c22-16-9-10-19(24-13-16)25-21(28)15-5-3-11-26(14-15)20(27)8-4-12-29-18-7-2-1-6-17(18)23/h1-2,6-7,9-10,13,15H,3-5,8,11-12,14H2,(H,24,25,28). The van der Waals surface area contributed by atoms with Gasteiger partial charge in [-0.3, -0.25) is 9.59 Å². The van der Waals surface area contributed by atoms with Crippen LogP contribution in [0.5, 0.6) is 5.75 Å². The number of hydrogen-bond acceptors (Lipinski definition) is 4. The SMILES string of the molecule is O=C(Nc1ccc(Cl)cn1)C1CCCN(C(=O)CCCOc2ccccc2F)C1. The molecule has 6 nitrogen and oxygen atoms in total. The van der Waals surface area contributed by atoms with Gasteiger partial charge in [0.1, 0.15) is 5.82 Å². The van der Waals surface area contributed by atoms with E-state index in [1.165, 1.54) is 12.3 Å². The van der Waals surface area contributed by atoms with Crippen molar-refractivity contribution in [2.24, 2.45) is 5.92 Å². The summed E-state index contributed by atoms with van der Waals surface area (Å²) < 4.78 is 18.9. The van der Waals surface area contributed by atoms with Gasteiger partial charge in [-0.1, -0.05) is 23.7 Å². The second-order valence-electron chi connectivity index (χ2n) is 6.91. The quantitative estimate of drug-likeness (QED) is 0.690. The van der Waals surface area contributed by atoms with Gasteiger partial charge >= 0.3 is 0 Å². The van der Waals surface area contributed by atoms with Crippen molar-refractivity contribution >= 4 is 29.2 Å². The van der Waals surface area contributed by atoms with E-state index in [1.54, 1.807) is 35.2 Å². The number of carbonyl (C=O) groups excluding carboxylic acids is 2. The van der Waals surface area contributed by atoms with Crippen molar-refractivity contribution in [3.05, 3.63) is 53.4 Å². The number of carbonyl (C=O) groups is 2. The number of nitrogens with one attached hydrogen (secondary N) is 1. The molecule has 1 aliphatic heterocycles. The maximum Gasteiger partial charge on any atom is 0.230 e. The molecule has 0 bridgehead atoms. The number of piperidine rings is 1. The second-order valence-corrected chi connectivity index (χ2v) is 7.35. The predicted molar refractivity (Wildman–Crippen MR) is 108 cm³/mol. The lowest BCUT2D eigenvalue weighted by molar-refractivity contribution is -0.134. The van der Waals surface area contributed by atoms with Gasteiger partial charge in [-0.15, -0.1) is 0 Å². The Bertz CT molecular complexity index is 847.